The molecule has 0 spiro atoms. The quantitative estimate of drug-likeness (QED) is 0.540. The second-order valence-electron chi connectivity index (χ2n) is 9.46. The van der Waals surface area contributed by atoms with Crippen molar-refractivity contribution in [2.24, 2.45) is 5.92 Å². The van der Waals surface area contributed by atoms with E-state index < -0.39 is 0 Å². The van der Waals surface area contributed by atoms with Gasteiger partial charge < -0.3 is 14.6 Å². The summed E-state index contributed by atoms with van der Waals surface area (Å²) in [6.07, 6.45) is 5.31. The number of amides is 1. The van der Waals surface area contributed by atoms with Crippen LogP contribution < -0.4 is 5.32 Å². The minimum atomic E-state index is -0.0770. The lowest BCUT2D eigenvalue weighted by molar-refractivity contribution is 0.0951. The molecule has 1 aliphatic heterocycles. The first kappa shape index (κ1) is 22.5. The van der Waals surface area contributed by atoms with Crippen molar-refractivity contribution in [2.75, 3.05) is 26.2 Å². The number of furan rings is 1. The smallest absolute Gasteiger partial charge is 0.252 e. The molecule has 0 aliphatic carbocycles. The van der Waals surface area contributed by atoms with Gasteiger partial charge in [0, 0.05) is 24.7 Å². The van der Waals surface area contributed by atoms with Crippen LogP contribution in [-0.2, 0) is 0 Å². The molecule has 0 bridgehead atoms. The van der Waals surface area contributed by atoms with Gasteiger partial charge in [-0.25, -0.2) is 9.67 Å². The number of pyridine rings is 1. The van der Waals surface area contributed by atoms with Crippen molar-refractivity contribution in [3.63, 3.8) is 0 Å². The first-order valence-corrected chi connectivity index (χ1v) is 11.8. The van der Waals surface area contributed by atoms with Crippen LogP contribution in [0.2, 0.25) is 0 Å². The van der Waals surface area contributed by atoms with E-state index in [0.717, 1.165) is 52.7 Å². The third kappa shape index (κ3) is 4.72. The zero-order valence-electron chi connectivity index (χ0n) is 19.9. The topological polar surface area (TPSA) is 76.2 Å². The zero-order valence-corrected chi connectivity index (χ0v) is 19.9. The number of fused-ring (bicyclic) bond motifs is 1. The fraction of sp³-hybridized carbons (Fsp3) is 0.560. The Kier molecular flexibility index (Phi) is 6.65. The molecule has 7 heteroatoms. The molecular weight excluding hydrogens is 402 g/mol. The summed E-state index contributed by atoms with van der Waals surface area (Å²) < 4.78 is 7.59. The van der Waals surface area contributed by atoms with Crippen LogP contribution in [0.1, 0.15) is 68.0 Å². The molecule has 3 aromatic rings. The van der Waals surface area contributed by atoms with Crippen LogP contribution in [-0.4, -0.2) is 51.8 Å². The van der Waals surface area contributed by atoms with Gasteiger partial charge in [0.1, 0.15) is 11.5 Å². The van der Waals surface area contributed by atoms with E-state index in [-0.39, 0.29) is 11.9 Å². The van der Waals surface area contributed by atoms with Crippen molar-refractivity contribution >= 4 is 16.9 Å². The van der Waals surface area contributed by atoms with Crippen LogP contribution in [0.5, 0.6) is 0 Å². The highest BCUT2D eigenvalue weighted by atomic mass is 16.3. The fourth-order valence-corrected chi connectivity index (χ4v) is 4.70. The van der Waals surface area contributed by atoms with Crippen molar-refractivity contribution in [3.8, 4) is 11.3 Å². The van der Waals surface area contributed by atoms with Gasteiger partial charge in [0.25, 0.3) is 5.91 Å². The van der Waals surface area contributed by atoms with Gasteiger partial charge >= 0.3 is 0 Å². The molecule has 3 aromatic heterocycles. The average molecular weight is 438 g/mol. The predicted octanol–water partition coefficient (Wildman–Crippen LogP) is 4.74. The molecule has 4 heterocycles. The third-order valence-electron chi connectivity index (χ3n) is 6.30. The highest BCUT2D eigenvalue weighted by Crippen LogP contribution is 2.30. The van der Waals surface area contributed by atoms with Gasteiger partial charge in [-0.05, 0) is 78.1 Å². The Bertz CT molecular complexity index is 1100. The summed E-state index contributed by atoms with van der Waals surface area (Å²) in [5.41, 5.74) is 2.99. The second-order valence-corrected chi connectivity index (χ2v) is 9.46. The molecule has 0 radical (unpaired) electrons. The lowest BCUT2D eigenvalue weighted by atomic mass is 10.0. The number of aromatic nitrogens is 3. The summed E-state index contributed by atoms with van der Waals surface area (Å²) in [5.74, 6) is 2.32. The Labute approximate surface area is 190 Å². The van der Waals surface area contributed by atoms with Crippen LogP contribution in [0.25, 0.3) is 22.3 Å². The highest BCUT2D eigenvalue weighted by Gasteiger charge is 2.20. The van der Waals surface area contributed by atoms with E-state index in [2.05, 4.69) is 36.1 Å². The Hall–Kier alpha value is -2.67. The Morgan fingerprint density at radius 2 is 2.12 bits per heavy atom. The van der Waals surface area contributed by atoms with Crippen molar-refractivity contribution in [1.29, 1.82) is 0 Å². The molecule has 1 aliphatic rings. The largest absolute Gasteiger partial charge is 0.466 e. The number of carbonyl (C=O) groups excluding carboxylic acids is 1. The zero-order chi connectivity index (χ0) is 22.8. The number of piperidine rings is 1. The number of hydrogen-bond donors (Lipinski definition) is 1. The Morgan fingerprint density at radius 3 is 2.81 bits per heavy atom. The molecule has 0 saturated carbocycles. The van der Waals surface area contributed by atoms with Gasteiger partial charge in [0.15, 0.2) is 5.65 Å². The lowest BCUT2D eigenvalue weighted by Crippen LogP contribution is -2.36. The van der Waals surface area contributed by atoms with Crippen molar-refractivity contribution in [1.82, 2.24) is 25.0 Å². The maximum Gasteiger partial charge on any atom is 0.252 e. The number of nitrogens with one attached hydrogen (secondary N) is 1. The molecule has 172 valence electrons. The average Bonchev–Trinajstić information content (AvgIpc) is 3.33. The molecule has 1 saturated heterocycles. The van der Waals surface area contributed by atoms with Crippen LogP contribution in [0.4, 0.5) is 0 Å². The van der Waals surface area contributed by atoms with E-state index in [1.165, 1.54) is 25.9 Å². The summed E-state index contributed by atoms with van der Waals surface area (Å²) in [6.45, 7) is 14.3. The molecular formula is C25H35N5O2. The number of rotatable bonds is 7. The van der Waals surface area contributed by atoms with Gasteiger partial charge in [0.05, 0.1) is 22.8 Å². The molecule has 1 amide bonds. The number of aryl methyl sites for hydroxylation is 2. The number of nitrogens with zero attached hydrogens (tertiary/aromatic N) is 4. The van der Waals surface area contributed by atoms with Crippen molar-refractivity contribution < 1.29 is 9.21 Å². The summed E-state index contributed by atoms with van der Waals surface area (Å²) in [5, 5.41) is 8.41. The minimum absolute atomic E-state index is 0.0770. The molecule has 1 N–H and O–H groups in total. The van der Waals surface area contributed by atoms with Crippen molar-refractivity contribution in [2.45, 2.75) is 59.9 Å². The molecule has 32 heavy (non-hydrogen) atoms. The predicted molar refractivity (Wildman–Crippen MR) is 127 cm³/mol. The summed E-state index contributed by atoms with van der Waals surface area (Å²) in [6, 6.07) is 3.99. The standard InChI is InChI=1S/C25H35N5O2/c1-16(2)30-24-22(14-27-30)21(13-23(28-24)20-12-18(4)32-19(20)5)25(31)26-9-7-11-29-10-6-8-17(3)15-29/h12-14,16-17H,6-11,15H2,1-5H3,(H,26,31). The van der Waals surface area contributed by atoms with Crippen LogP contribution in [0.15, 0.2) is 22.7 Å². The molecule has 0 aromatic carbocycles. The Balaban J connectivity index is 1.55. The second kappa shape index (κ2) is 9.45. The summed E-state index contributed by atoms with van der Waals surface area (Å²) in [7, 11) is 0. The maximum atomic E-state index is 13.2. The van der Waals surface area contributed by atoms with E-state index >= 15 is 0 Å². The summed E-state index contributed by atoms with van der Waals surface area (Å²) in [4.78, 5) is 20.6. The minimum Gasteiger partial charge on any atom is -0.466 e. The van der Waals surface area contributed by atoms with Gasteiger partial charge in [-0.15, -0.1) is 0 Å². The van der Waals surface area contributed by atoms with E-state index in [1.54, 1.807) is 6.20 Å². The third-order valence-corrected chi connectivity index (χ3v) is 6.30. The Morgan fingerprint density at radius 1 is 1.31 bits per heavy atom. The first-order valence-electron chi connectivity index (χ1n) is 11.8. The van der Waals surface area contributed by atoms with Crippen molar-refractivity contribution in [3.05, 3.63) is 35.4 Å². The lowest BCUT2D eigenvalue weighted by Gasteiger charge is -2.30. The monoisotopic (exact) mass is 437 g/mol. The van der Waals surface area contributed by atoms with Gasteiger partial charge in [0.2, 0.25) is 0 Å². The van der Waals surface area contributed by atoms with Gasteiger partial charge in [-0.3, -0.25) is 4.79 Å². The van der Waals surface area contributed by atoms with E-state index in [9.17, 15) is 4.79 Å². The van der Waals surface area contributed by atoms with E-state index in [0.29, 0.717) is 12.1 Å². The first-order chi connectivity index (χ1) is 15.3. The van der Waals surface area contributed by atoms with Crippen LogP contribution in [0, 0.1) is 19.8 Å². The van der Waals surface area contributed by atoms with Gasteiger partial charge in [-0.2, -0.15) is 5.10 Å². The van der Waals surface area contributed by atoms with Crippen LogP contribution >= 0.6 is 0 Å². The molecule has 1 fully saturated rings. The highest BCUT2D eigenvalue weighted by molar-refractivity contribution is 6.06. The number of carbonyl (C=O) groups is 1. The molecule has 7 nitrogen and oxygen atoms in total. The number of likely N-dealkylation sites (tertiary alicyclic amines) is 1. The normalized spacial score (nSPS) is 17.4. The van der Waals surface area contributed by atoms with E-state index in [4.69, 9.17) is 9.40 Å². The van der Waals surface area contributed by atoms with Gasteiger partial charge in [-0.1, -0.05) is 6.92 Å². The SMILES string of the molecule is Cc1cc(-c2cc(C(=O)NCCCN3CCCC(C)C3)c3cnn(C(C)C)c3n2)c(C)o1. The molecule has 4 rings (SSSR count). The number of hydrogen-bond acceptors (Lipinski definition) is 5. The summed E-state index contributed by atoms with van der Waals surface area (Å²) >= 11 is 0. The van der Waals surface area contributed by atoms with E-state index in [1.807, 2.05) is 30.7 Å². The molecule has 1 unspecified atom stereocenters. The maximum absolute atomic E-state index is 13.2. The molecule has 1 atom stereocenters. The fourth-order valence-electron chi connectivity index (χ4n) is 4.70. The van der Waals surface area contributed by atoms with Crippen LogP contribution in [0.3, 0.4) is 0 Å².